The number of nitrogens with zero attached hydrogens (tertiary/aromatic N) is 1. The molecule has 1 aliphatic carbocycles. The van der Waals surface area contributed by atoms with E-state index in [1.807, 2.05) is 0 Å². The molecule has 0 aromatic heterocycles. The molecule has 0 unspecified atom stereocenters. The van der Waals surface area contributed by atoms with Crippen molar-refractivity contribution in [2.24, 2.45) is 0 Å². The molecule has 1 saturated carbocycles. The highest BCUT2D eigenvalue weighted by molar-refractivity contribution is 7.89. The number of benzene rings is 1. The molecule has 144 valence electrons. The third-order valence-electron chi connectivity index (χ3n) is 5.10. The summed E-state index contributed by atoms with van der Waals surface area (Å²) in [6.45, 7) is 1.71. The van der Waals surface area contributed by atoms with Gasteiger partial charge in [0, 0.05) is 19.2 Å². The topological polar surface area (TPSA) is 104 Å². The molecule has 7 nitrogen and oxygen atoms in total. The molecular formula is C18H26N2O5S. The van der Waals surface area contributed by atoms with Gasteiger partial charge in [-0.3, -0.25) is 4.79 Å². The predicted octanol–water partition coefficient (Wildman–Crippen LogP) is 1.99. The van der Waals surface area contributed by atoms with E-state index in [0.717, 1.165) is 24.8 Å². The molecule has 1 fully saturated rings. The summed E-state index contributed by atoms with van der Waals surface area (Å²) >= 11 is 0. The number of likely N-dealkylation sites (N-methyl/N-ethyl adjacent to an activating group) is 1. The van der Waals surface area contributed by atoms with Gasteiger partial charge in [-0.05, 0) is 37.5 Å². The minimum atomic E-state index is -3.28. The zero-order chi connectivity index (χ0) is 19.4. The van der Waals surface area contributed by atoms with Crippen LogP contribution in [0.4, 0.5) is 0 Å². The molecule has 0 saturated heterocycles. The number of carbonyl (C=O) groups excluding carboxylic acids is 1. The van der Waals surface area contributed by atoms with Crippen molar-refractivity contribution in [1.29, 1.82) is 0 Å². The van der Waals surface area contributed by atoms with E-state index < -0.39 is 21.5 Å². The van der Waals surface area contributed by atoms with Crippen LogP contribution >= 0.6 is 0 Å². The second-order valence-electron chi connectivity index (χ2n) is 6.68. The fourth-order valence-electron chi connectivity index (χ4n) is 3.28. The average molecular weight is 382 g/mol. The van der Waals surface area contributed by atoms with Gasteiger partial charge in [0.05, 0.1) is 5.75 Å². The summed E-state index contributed by atoms with van der Waals surface area (Å²) in [6, 6.07) is 6.56. The molecule has 0 spiro atoms. The lowest BCUT2D eigenvalue weighted by molar-refractivity contribution is -0.151. The molecule has 2 rings (SSSR count). The number of amides is 1. The quantitative estimate of drug-likeness (QED) is 0.750. The van der Waals surface area contributed by atoms with Gasteiger partial charge in [0.25, 0.3) is 5.91 Å². The largest absolute Gasteiger partial charge is 0.479 e. The molecule has 0 heterocycles. The summed E-state index contributed by atoms with van der Waals surface area (Å²) in [6.07, 6.45) is 3.49. The zero-order valence-electron chi connectivity index (χ0n) is 15.2. The Morgan fingerprint density at radius 3 is 2.23 bits per heavy atom. The number of carboxylic acid groups (broad SMARTS) is 1. The predicted molar refractivity (Wildman–Crippen MR) is 98.3 cm³/mol. The van der Waals surface area contributed by atoms with E-state index in [1.54, 1.807) is 38.2 Å². The standard InChI is InChI=1S/C18H26N2O5S/c1-3-26(24,25)19-13-14-7-9-15(10-8-14)16(21)20(2)18(17(22)23)11-5-4-6-12-18/h7-10,19H,3-6,11-13H2,1-2H3,(H,22,23). The number of sulfonamides is 1. The van der Waals surface area contributed by atoms with Gasteiger partial charge >= 0.3 is 5.97 Å². The lowest BCUT2D eigenvalue weighted by Gasteiger charge is -2.41. The molecule has 26 heavy (non-hydrogen) atoms. The normalized spacial score (nSPS) is 16.8. The summed E-state index contributed by atoms with van der Waals surface area (Å²) in [5.41, 5.74) is -0.0299. The van der Waals surface area contributed by atoms with Crippen molar-refractivity contribution in [1.82, 2.24) is 9.62 Å². The first-order valence-electron chi connectivity index (χ1n) is 8.80. The van der Waals surface area contributed by atoms with Crippen molar-refractivity contribution < 1.29 is 23.1 Å². The highest BCUT2D eigenvalue weighted by Gasteiger charge is 2.45. The van der Waals surface area contributed by atoms with E-state index in [1.165, 1.54) is 4.90 Å². The molecular weight excluding hydrogens is 356 g/mol. The first-order chi connectivity index (χ1) is 12.2. The van der Waals surface area contributed by atoms with Crippen molar-refractivity contribution in [2.75, 3.05) is 12.8 Å². The van der Waals surface area contributed by atoms with E-state index in [4.69, 9.17) is 0 Å². The van der Waals surface area contributed by atoms with Gasteiger partial charge < -0.3 is 10.0 Å². The van der Waals surface area contributed by atoms with Crippen LogP contribution in [0.1, 0.15) is 54.9 Å². The fourth-order valence-corrected chi connectivity index (χ4v) is 3.87. The Balaban J connectivity index is 2.12. The molecule has 0 atom stereocenters. The average Bonchev–Trinajstić information content (AvgIpc) is 2.66. The molecule has 1 amide bonds. The molecule has 0 bridgehead atoms. The molecule has 8 heteroatoms. The maximum Gasteiger partial charge on any atom is 0.329 e. The van der Waals surface area contributed by atoms with Crippen LogP contribution in [0.2, 0.25) is 0 Å². The van der Waals surface area contributed by atoms with Crippen LogP contribution in [0.25, 0.3) is 0 Å². The Morgan fingerprint density at radius 2 is 1.73 bits per heavy atom. The molecule has 0 radical (unpaired) electrons. The van der Waals surface area contributed by atoms with Crippen LogP contribution in [-0.2, 0) is 21.4 Å². The van der Waals surface area contributed by atoms with E-state index in [-0.39, 0.29) is 18.2 Å². The SMILES string of the molecule is CCS(=O)(=O)NCc1ccc(C(=O)N(C)C2(C(=O)O)CCCCC2)cc1. The summed E-state index contributed by atoms with van der Waals surface area (Å²) in [5.74, 6) is -1.29. The van der Waals surface area contributed by atoms with Crippen LogP contribution in [0, 0.1) is 0 Å². The zero-order valence-corrected chi connectivity index (χ0v) is 16.0. The number of carboxylic acids is 1. The Labute approximate surface area is 154 Å². The maximum atomic E-state index is 12.8. The molecule has 1 aromatic carbocycles. The number of carbonyl (C=O) groups is 2. The van der Waals surface area contributed by atoms with Gasteiger partial charge in [-0.15, -0.1) is 0 Å². The summed E-state index contributed by atoms with van der Waals surface area (Å²) < 4.78 is 25.4. The van der Waals surface area contributed by atoms with Gasteiger partial charge in [0.1, 0.15) is 5.54 Å². The van der Waals surface area contributed by atoms with Crippen molar-refractivity contribution in [3.63, 3.8) is 0 Å². The van der Waals surface area contributed by atoms with Gasteiger partial charge in [-0.1, -0.05) is 31.4 Å². The minimum absolute atomic E-state index is 0.00559. The van der Waals surface area contributed by atoms with E-state index in [0.29, 0.717) is 18.4 Å². The number of hydrogen-bond acceptors (Lipinski definition) is 4. The number of aliphatic carboxylic acids is 1. The van der Waals surface area contributed by atoms with Crippen LogP contribution in [-0.4, -0.2) is 48.6 Å². The minimum Gasteiger partial charge on any atom is -0.479 e. The number of hydrogen-bond donors (Lipinski definition) is 2. The summed E-state index contributed by atoms with van der Waals surface area (Å²) in [7, 11) is -1.73. The van der Waals surface area contributed by atoms with Crippen LogP contribution in [0.15, 0.2) is 24.3 Å². The van der Waals surface area contributed by atoms with Gasteiger partial charge in [0.2, 0.25) is 10.0 Å². The van der Waals surface area contributed by atoms with Crippen LogP contribution in [0.5, 0.6) is 0 Å². The van der Waals surface area contributed by atoms with Gasteiger partial charge in [-0.2, -0.15) is 0 Å². The number of nitrogens with one attached hydrogen (secondary N) is 1. The molecule has 0 aliphatic heterocycles. The first-order valence-corrected chi connectivity index (χ1v) is 10.4. The molecule has 1 aliphatic rings. The third kappa shape index (κ3) is 4.42. The van der Waals surface area contributed by atoms with Gasteiger partial charge in [0.15, 0.2) is 0 Å². The third-order valence-corrected chi connectivity index (χ3v) is 6.45. The lowest BCUT2D eigenvalue weighted by Crippen LogP contribution is -2.56. The first kappa shape index (κ1) is 20.4. The van der Waals surface area contributed by atoms with Gasteiger partial charge in [-0.25, -0.2) is 17.9 Å². The summed E-state index contributed by atoms with van der Waals surface area (Å²) in [4.78, 5) is 26.0. The Morgan fingerprint density at radius 1 is 1.15 bits per heavy atom. The molecule has 2 N–H and O–H groups in total. The molecule has 1 aromatic rings. The van der Waals surface area contributed by atoms with Crippen molar-refractivity contribution in [3.8, 4) is 0 Å². The highest BCUT2D eigenvalue weighted by atomic mass is 32.2. The van der Waals surface area contributed by atoms with Crippen molar-refractivity contribution in [2.45, 2.75) is 51.1 Å². The van der Waals surface area contributed by atoms with Crippen molar-refractivity contribution in [3.05, 3.63) is 35.4 Å². The Hall–Kier alpha value is -1.93. The van der Waals surface area contributed by atoms with Crippen LogP contribution in [0.3, 0.4) is 0 Å². The number of rotatable bonds is 7. The Bertz CT molecular complexity index is 752. The van der Waals surface area contributed by atoms with Crippen molar-refractivity contribution >= 4 is 21.9 Å². The second kappa shape index (κ2) is 8.18. The van der Waals surface area contributed by atoms with Crippen LogP contribution < -0.4 is 4.72 Å². The van der Waals surface area contributed by atoms with E-state index >= 15 is 0 Å². The summed E-state index contributed by atoms with van der Waals surface area (Å²) in [5, 5.41) is 9.71. The fraction of sp³-hybridized carbons (Fsp3) is 0.556. The smallest absolute Gasteiger partial charge is 0.329 e. The lowest BCUT2D eigenvalue weighted by atomic mass is 9.80. The van der Waals surface area contributed by atoms with E-state index in [2.05, 4.69) is 4.72 Å². The maximum absolute atomic E-state index is 12.8. The highest BCUT2D eigenvalue weighted by Crippen LogP contribution is 2.34. The van der Waals surface area contributed by atoms with E-state index in [9.17, 15) is 23.1 Å². The monoisotopic (exact) mass is 382 g/mol. The second-order valence-corrected chi connectivity index (χ2v) is 8.78. The Kier molecular flexibility index (Phi) is 6.41.